The van der Waals surface area contributed by atoms with Crippen LogP contribution in [-0.4, -0.2) is 40.7 Å². The van der Waals surface area contributed by atoms with Gasteiger partial charge in [-0.15, -0.1) is 0 Å². The predicted molar refractivity (Wildman–Crippen MR) is 82.6 cm³/mol. The molecule has 1 aromatic carbocycles. The van der Waals surface area contributed by atoms with Crippen LogP contribution in [0, 0.1) is 0 Å². The molecule has 0 unspecified atom stereocenters. The molecule has 3 rings (SSSR count). The molecule has 0 radical (unpaired) electrons. The van der Waals surface area contributed by atoms with Crippen molar-refractivity contribution in [3.05, 3.63) is 36.2 Å². The van der Waals surface area contributed by atoms with Gasteiger partial charge in [0.2, 0.25) is 0 Å². The number of carbonyl (C=O) groups is 1. The van der Waals surface area contributed by atoms with Crippen molar-refractivity contribution in [1.82, 2.24) is 15.1 Å². The Morgan fingerprint density at radius 2 is 2.17 bits per heavy atom. The van der Waals surface area contributed by atoms with Gasteiger partial charge >= 0.3 is 6.03 Å². The molecule has 0 bridgehead atoms. The first-order chi connectivity index (χ1) is 11.1. The lowest BCUT2D eigenvalue weighted by Gasteiger charge is -2.19. The summed E-state index contributed by atoms with van der Waals surface area (Å²) in [6.07, 6.45) is 2.45. The lowest BCUT2D eigenvalue weighted by Crippen LogP contribution is -2.32. The van der Waals surface area contributed by atoms with Crippen LogP contribution in [0.15, 0.2) is 30.6 Å². The number of benzene rings is 1. The van der Waals surface area contributed by atoms with Gasteiger partial charge in [-0.2, -0.15) is 5.10 Å². The number of aryl methyl sites for hydroxylation is 1. The second-order valence-corrected chi connectivity index (χ2v) is 5.16. The molecular formula is C15H18N4O4. The van der Waals surface area contributed by atoms with E-state index in [4.69, 9.17) is 9.47 Å². The van der Waals surface area contributed by atoms with Gasteiger partial charge in [0.1, 0.15) is 13.2 Å². The average Bonchev–Trinajstić information content (AvgIpc) is 2.99. The molecule has 1 atom stereocenters. The number of aliphatic hydroxyl groups excluding tert-OH is 1. The van der Waals surface area contributed by atoms with Crippen molar-refractivity contribution in [2.75, 3.05) is 25.1 Å². The Morgan fingerprint density at radius 1 is 1.39 bits per heavy atom. The number of nitrogens with zero attached hydrogens (tertiary/aromatic N) is 2. The van der Waals surface area contributed by atoms with Crippen LogP contribution in [0.1, 0.15) is 11.7 Å². The van der Waals surface area contributed by atoms with Crippen LogP contribution < -0.4 is 20.1 Å². The minimum Gasteiger partial charge on any atom is -0.486 e. The summed E-state index contributed by atoms with van der Waals surface area (Å²) in [5.41, 5.74) is 1.23. The average molecular weight is 318 g/mol. The van der Waals surface area contributed by atoms with Gasteiger partial charge in [0, 0.05) is 37.1 Å². The third-order valence-electron chi connectivity index (χ3n) is 3.37. The fourth-order valence-electron chi connectivity index (χ4n) is 2.22. The summed E-state index contributed by atoms with van der Waals surface area (Å²) in [5.74, 6) is 1.26. The van der Waals surface area contributed by atoms with Gasteiger partial charge < -0.3 is 25.2 Å². The molecule has 0 fully saturated rings. The molecule has 2 aromatic rings. The number of aliphatic hydroxyl groups is 1. The van der Waals surface area contributed by atoms with Gasteiger partial charge in [-0.05, 0) is 12.1 Å². The highest BCUT2D eigenvalue weighted by Gasteiger charge is 2.14. The van der Waals surface area contributed by atoms with E-state index in [0.717, 1.165) is 0 Å². The normalized spacial score (nSPS) is 14.2. The minimum atomic E-state index is -0.810. The first kappa shape index (κ1) is 15.2. The summed E-state index contributed by atoms with van der Waals surface area (Å²) in [6.45, 7) is 1.09. The molecule has 2 heterocycles. The molecule has 23 heavy (non-hydrogen) atoms. The van der Waals surface area contributed by atoms with E-state index in [1.54, 1.807) is 42.3 Å². The van der Waals surface area contributed by atoms with Crippen LogP contribution in [0.4, 0.5) is 10.5 Å². The van der Waals surface area contributed by atoms with Crippen molar-refractivity contribution in [2.45, 2.75) is 6.10 Å². The Bertz CT molecular complexity index is 701. The maximum absolute atomic E-state index is 11.9. The van der Waals surface area contributed by atoms with Crippen LogP contribution in [0.2, 0.25) is 0 Å². The number of carbonyl (C=O) groups excluding carboxylic acids is 1. The van der Waals surface area contributed by atoms with E-state index >= 15 is 0 Å². The monoisotopic (exact) mass is 318 g/mol. The Labute approximate surface area is 133 Å². The number of urea groups is 1. The minimum absolute atomic E-state index is 0.0854. The molecular weight excluding hydrogens is 300 g/mol. The lowest BCUT2D eigenvalue weighted by molar-refractivity contribution is 0.171. The van der Waals surface area contributed by atoms with E-state index in [2.05, 4.69) is 15.7 Å². The van der Waals surface area contributed by atoms with Gasteiger partial charge in [-0.1, -0.05) is 0 Å². The third kappa shape index (κ3) is 3.72. The number of hydrogen-bond donors (Lipinski definition) is 3. The molecule has 0 saturated heterocycles. The zero-order valence-corrected chi connectivity index (χ0v) is 12.7. The first-order valence-electron chi connectivity index (χ1n) is 7.23. The Hall–Kier alpha value is -2.74. The first-order valence-corrected chi connectivity index (χ1v) is 7.23. The van der Waals surface area contributed by atoms with Gasteiger partial charge in [0.05, 0.1) is 12.3 Å². The number of nitrogens with one attached hydrogen (secondary N) is 2. The van der Waals surface area contributed by atoms with Crippen LogP contribution >= 0.6 is 0 Å². The largest absolute Gasteiger partial charge is 0.486 e. The Balaban J connectivity index is 1.53. The third-order valence-corrected chi connectivity index (χ3v) is 3.37. The second-order valence-electron chi connectivity index (χ2n) is 5.16. The number of fused-ring (bicyclic) bond motifs is 1. The number of ether oxygens (including phenoxy) is 2. The molecule has 1 aliphatic rings. The molecule has 8 nitrogen and oxygen atoms in total. The standard InChI is InChI=1S/C15H18N4O4/c1-19-9-10(7-17-19)12(20)8-16-15(21)18-11-2-3-13-14(6-11)23-5-4-22-13/h2-3,6-7,9,12,20H,4-5,8H2,1H3,(H2,16,18,21)/t12-/m1/s1. The van der Waals surface area contributed by atoms with E-state index in [0.29, 0.717) is 36.0 Å². The molecule has 1 aromatic heterocycles. The SMILES string of the molecule is Cn1cc([C@H](O)CNC(=O)Nc2ccc3c(c2)OCCO3)cn1. The second kappa shape index (κ2) is 6.57. The number of hydrogen-bond acceptors (Lipinski definition) is 5. The summed E-state index contributed by atoms with van der Waals surface area (Å²) >= 11 is 0. The summed E-state index contributed by atoms with van der Waals surface area (Å²) < 4.78 is 12.5. The smallest absolute Gasteiger partial charge is 0.319 e. The van der Waals surface area contributed by atoms with E-state index in [9.17, 15) is 9.90 Å². The van der Waals surface area contributed by atoms with Crippen molar-refractivity contribution in [3.8, 4) is 11.5 Å². The van der Waals surface area contributed by atoms with E-state index < -0.39 is 12.1 Å². The summed E-state index contributed by atoms with van der Waals surface area (Å²) in [7, 11) is 1.76. The van der Waals surface area contributed by atoms with E-state index in [-0.39, 0.29) is 6.54 Å². The van der Waals surface area contributed by atoms with Crippen LogP contribution in [0.3, 0.4) is 0 Å². The maximum atomic E-state index is 11.9. The van der Waals surface area contributed by atoms with Crippen molar-refractivity contribution >= 4 is 11.7 Å². The summed E-state index contributed by atoms with van der Waals surface area (Å²) in [4.78, 5) is 11.9. The molecule has 3 N–H and O–H groups in total. The zero-order chi connectivity index (χ0) is 16.2. The molecule has 122 valence electrons. The number of rotatable bonds is 4. The summed E-state index contributed by atoms with van der Waals surface area (Å²) in [5, 5.41) is 19.2. The lowest BCUT2D eigenvalue weighted by atomic mass is 10.2. The van der Waals surface area contributed by atoms with Crippen molar-refractivity contribution in [1.29, 1.82) is 0 Å². The van der Waals surface area contributed by atoms with Gasteiger partial charge in [0.25, 0.3) is 0 Å². The van der Waals surface area contributed by atoms with Crippen LogP contribution in [-0.2, 0) is 7.05 Å². The molecule has 2 amide bonds. The fraction of sp³-hybridized carbons (Fsp3) is 0.333. The molecule has 0 spiro atoms. The molecule has 8 heteroatoms. The van der Waals surface area contributed by atoms with Gasteiger partial charge in [-0.3, -0.25) is 4.68 Å². The quantitative estimate of drug-likeness (QED) is 0.783. The highest BCUT2D eigenvalue weighted by Crippen LogP contribution is 2.32. The number of anilines is 1. The highest BCUT2D eigenvalue weighted by molar-refractivity contribution is 5.89. The Kier molecular flexibility index (Phi) is 4.33. The van der Waals surface area contributed by atoms with E-state index in [1.165, 1.54) is 0 Å². The summed E-state index contributed by atoms with van der Waals surface area (Å²) in [6, 6.07) is 4.76. The number of amides is 2. The Morgan fingerprint density at radius 3 is 2.91 bits per heavy atom. The van der Waals surface area contributed by atoms with Crippen molar-refractivity contribution in [2.24, 2.45) is 7.05 Å². The molecule has 0 aliphatic carbocycles. The van der Waals surface area contributed by atoms with E-state index in [1.807, 2.05) is 0 Å². The molecule has 1 aliphatic heterocycles. The zero-order valence-electron chi connectivity index (χ0n) is 12.7. The predicted octanol–water partition coefficient (Wildman–Crippen LogP) is 1.05. The number of aromatic nitrogens is 2. The van der Waals surface area contributed by atoms with Crippen molar-refractivity contribution in [3.63, 3.8) is 0 Å². The van der Waals surface area contributed by atoms with Crippen LogP contribution in [0.25, 0.3) is 0 Å². The fourth-order valence-corrected chi connectivity index (χ4v) is 2.22. The maximum Gasteiger partial charge on any atom is 0.319 e. The highest BCUT2D eigenvalue weighted by atomic mass is 16.6. The van der Waals surface area contributed by atoms with Crippen LogP contribution in [0.5, 0.6) is 11.5 Å². The topological polar surface area (TPSA) is 97.6 Å². The van der Waals surface area contributed by atoms with Gasteiger partial charge in [-0.25, -0.2) is 4.79 Å². The van der Waals surface area contributed by atoms with Gasteiger partial charge in [0.15, 0.2) is 11.5 Å². The van der Waals surface area contributed by atoms with Crippen molar-refractivity contribution < 1.29 is 19.4 Å². The molecule has 0 saturated carbocycles.